The number of hydrogen-bond donors (Lipinski definition) is 0. The Morgan fingerprint density at radius 3 is 1.31 bits per heavy atom. The van der Waals surface area contributed by atoms with Gasteiger partial charge in [0.2, 0.25) is 0 Å². The third-order valence-corrected chi connectivity index (χ3v) is 4.32. The molecule has 0 heterocycles. The van der Waals surface area contributed by atoms with E-state index < -0.39 is 0 Å². The second-order valence-corrected chi connectivity index (χ2v) is 6.72. The molecule has 0 spiro atoms. The molecule has 3 rings (SSSR count). The minimum absolute atomic E-state index is 1.03. The van der Waals surface area contributed by atoms with Crippen LogP contribution in [-0.4, -0.2) is 0 Å². The summed E-state index contributed by atoms with van der Waals surface area (Å²) in [6, 6.07) is 20.8. The molecule has 0 saturated heterocycles. The summed E-state index contributed by atoms with van der Waals surface area (Å²) in [5, 5.41) is 0. The van der Waals surface area contributed by atoms with E-state index in [0.717, 1.165) is 33.4 Å². The van der Waals surface area contributed by atoms with Gasteiger partial charge in [0.05, 0.1) is 0 Å². The Kier molecular flexibility index (Phi) is 5.26. The highest BCUT2D eigenvalue weighted by atomic mass is 14.0. The zero-order valence-electron chi connectivity index (χ0n) is 15.8. The highest BCUT2D eigenvalue weighted by Crippen LogP contribution is 2.16. The van der Waals surface area contributed by atoms with Crippen LogP contribution in [0.2, 0.25) is 0 Å². The van der Waals surface area contributed by atoms with E-state index in [1.807, 2.05) is 0 Å². The third-order valence-electron chi connectivity index (χ3n) is 4.32. The van der Waals surface area contributed by atoms with Gasteiger partial charge in [0.25, 0.3) is 0 Å². The van der Waals surface area contributed by atoms with Crippen molar-refractivity contribution < 1.29 is 0 Å². The summed E-state index contributed by atoms with van der Waals surface area (Å²) < 4.78 is 0. The van der Waals surface area contributed by atoms with Gasteiger partial charge in [-0.05, 0) is 75.2 Å². The first-order chi connectivity index (χ1) is 12.5. The zero-order chi connectivity index (χ0) is 18.5. The molecule has 0 radical (unpaired) electrons. The fourth-order valence-electron chi connectivity index (χ4n) is 2.79. The molecule has 0 nitrogen and oxygen atoms in total. The van der Waals surface area contributed by atoms with E-state index in [-0.39, 0.29) is 0 Å². The van der Waals surface area contributed by atoms with Crippen LogP contribution in [0.15, 0.2) is 60.7 Å². The van der Waals surface area contributed by atoms with Crippen LogP contribution in [-0.2, 0) is 0 Å². The molecule has 0 aliphatic carbocycles. The molecule has 0 unspecified atom stereocenters. The van der Waals surface area contributed by atoms with Crippen LogP contribution in [0, 0.1) is 51.4 Å². The van der Waals surface area contributed by atoms with Gasteiger partial charge in [0.15, 0.2) is 0 Å². The number of aryl methyl sites for hydroxylation is 4. The summed E-state index contributed by atoms with van der Waals surface area (Å²) >= 11 is 0. The lowest BCUT2D eigenvalue weighted by Gasteiger charge is -2.04. The summed E-state index contributed by atoms with van der Waals surface area (Å²) in [7, 11) is 0. The van der Waals surface area contributed by atoms with E-state index >= 15 is 0 Å². The Labute approximate surface area is 156 Å². The molecule has 0 fully saturated rings. The summed E-state index contributed by atoms with van der Waals surface area (Å²) in [5.41, 5.74) is 9.02. The van der Waals surface area contributed by atoms with E-state index in [1.165, 1.54) is 11.1 Å². The van der Waals surface area contributed by atoms with Crippen molar-refractivity contribution in [3.63, 3.8) is 0 Å². The molecule has 0 aromatic heterocycles. The standard InChI is InChI=1S/C26H22/c1-19-5-9-23(10-6-19)13-14-25-17-21(3)26(22(4)18-25)16-15-24-11-7-20(2)8-12-24/h5-12,17-18H,1-4H3. The Hall–Kier alpha value is -3.22. The largest absolute Gasteiger partial charge is 0.0617 e. The highest BCUT2D eigenvalue weighted by Gasteiger charge is 2.02. The van der Waals surface area contributed by atoms with Gasteiger partial charge in [-0.15, -0.1) is 0 Å². The summed E-state index contributed by atoms with van der Waals surface area (Å²) in [4.78, 5) is 0. The fourth-order valence-corrected chi connectivity index (χ4v) is 2.79. The van der Waals surface area contributed by atoms with Crippen LogP contribution >= 0.6 is 0 Å². The van der Waals surface area contributed by atoms with E-state index in [1.54, 1.807) is 0 Å². The SMILES string of the molecule is Cc1ccc(C#Cc2cc(C)c(C#Cc3ccc(C)cc3)c(C)c2)cc1. The van der Waals surface area contributed by atoms with Crippen molar-refractivity contribution in [1.82, 2.24) is 0 Å². The maximum absolute atomic E-state index is 3.33. The van der Waals surface area contributed by atoms with Gasteiger partial charge in [-0.2, -0.15) is 0 Å². The molecule has 0 N–H and O–H groups in total. The Bertz CT molecular complexity index is 1020. The predicted octanol–water partition coefficient (Wildman–Crippen LogP) is 5.72. The molecule has 0 amide bonds. The van der Waals surface area contributed by atoms with Gasteiger partial charge in [-0.3, -0.25) is 0 Å². The average Bonchev–Trinajstić information content (AvgIpc) is 2.62. The Morgan fingerprint density at radius 2 is 0.846 bits per heavy atom. The summed E-state index contributed by atoms with van der Waals surface area (Å²) in [5.74, 6) is 13.1. The smallest absolute Gasteiger partial charge is 0.0308 e. The minimum Gasteiger partial charge on any atom is -0.0617 e. The van der Waals surface area contributed by atoms with Crippen molar-refractivity contribution in [2.45, 2.75) is 27.7 Å². The van der Waals surface area contributed by atoms with Gasteiger partial charge in [0, 0.05) is 22.3 Å². The lowest BCUT2D eigenvalue weighted by molar-refractivity contribution is 1.33. The predicted molar refractivity (Wildman–Crippen MR) is 110 cm³/mol. The Morgan fingerprint density at radius 1 is 0.462 bits per heavy atom. The molecule has 0 aliphatic rings. The number of rotatable bonds is 0. The molecule has 0 saturated carbocycles. The van der Waals surface area contributed by atoms with Crippen molar-refractivity contribution in [2.75, 3.05) is 0 Å². The second-order valence-electron chi connectivity index (χ2n) is 6.72. The maximum atomic E-state index is 3.33. The number of hydrogen-bond acceptors (Lipinski definition) is 0. The van der Waals surface area contributed by atoms with Gasteiger partial charge in [-0.1, -0.05) is 59.1 Å². The van der Waals surface area contributed by atoms with Gasteiger partial charge in [-0.25, -0.2) is 0 Å². The van der Waals surface area contributed by atoms with Crippen LogP contribution in [0.4, 0.5) is 0 Å². The lowest BCUT2D eigenvalue weighted by atomic mass is 9.99. The first-order valence-electron chi connectivity index (χ1n) is 8.80. The van der Waals surface area contributed by atoms with Crippen molar-refractivity contribution >= 4 is 0 Å². The van der Waals surface area contributed by atoms with Crippen LogP contribution in [0.25, 0.3) is 0 Å². The van der Waals surface area contributed by atoms with Crippen molar-refractivity contribution in [3.8, 4) is 23.7 Å². The van der Waals surface area contributed by atoms with Crippen molar-refractivity contribution in [2.24, 2.45) is 0 Å². The first-order valence-corrected chi connectivity index (χ1v) is 8.80. The Balaban J connectivity index is 1.87. The van der Waals surface area contributed by atoms with E-state index in [9.17, 15) is 0 Å². The van der Waals surface area contributed by atoms with Crippen molar-refractivity contribution in [1.29, 1.82) is 0 Å². The molecule has 0 heteroatoms. The van der Waals surface area contributed by atoms with E-state index in [2.05, 4.69) is 112 Å². The molecule has 26 heavy (non-hydrogen) atoms. The molecule has 3 aromatic rings. The van der Waals surface area contributed by atoms with Crippen LogP contribution in [0.1, 0.15) is 44.5 Å². The summed E-state index contributed by atoms with van der Waals surface area (Å²) in [6.07, 6.45) is 0. The molecular formula is C26H22. The molecular weight excluding hydrogens is 312 g/mol. The molecule has 0 atom stereocenters. The highest BCUT2D eigenvalue weighted by molar-refractivity contribution is 5.55. The van der Waals surface area contributed by atoms with E-state index in [0.29, 0.717) is 0 Å². The summed E-state index contributed by atoms with van der Waals surface area (Å²) in [6.45, 7) is 8.37. The monoisotopic (exact) mass is 334 g/mol. The normalized spacial score (nSPS) is 9.69. The quantitative estimate of drug-likeness (QED) is 0.461. The average molecular weight is 334 g/mol. The lowest BCUT2D eigenvalue weighted by Crippen LogP contribution is -1.90. The molecule has 3 aromatic carbocycles. The van der Waals surface area contributed by atoms with Gasteiger partial charge < -0.3 is 0 Å². The maximum Gasteiger partial charge on any atom is 0.0308 e. The number of benzene rings is 3. The third kappa shape index (κ3) is 4.44. The van der Waals surface area contributed by atoms with Crippen molar-refractivity contribution in [3.05, 3.63) is 105 Å². The topological polar surface area (TPSA) is 0 Å². The fraction of sp³-hybridized carbons (Fsp3) is 0.154. The van der Waals surface area contributed by atoms with Gasteiger partial charge in [0.1, 0.15) is 0 Å². The van der Waals surface area contributed by atoms with Crippen LogP contribution < -0.4 is 0 Å². The minimum atomic E-state index is 1.03. The van der Waals surface area contributed by atoms with Crippen LogP contribution in [0.5, 0.6) is 0 Å². The first kappa shape index (κ1) is 17.6. The molecule has 0 aliphatic heterocycles. The molecule has 0 bridgehead atoms. The van der Waals surface area contributed by atoms with E-state index in [4.69, 9.17) is 0 Å². The van der Waals surface area contributed by atoms with Gasteiger partial charge >= 0.3 is 0 Å². The zero-order valence-corrected chi connectivity index (χ0v) is 15.8. The van der Waals surface area contributed by atoms with Crippen LogP contribution in [0.3, 0.4) is 0 Å². The second kappa shape index (κ2) is 7.77. The molecule has 126 valence electrons.